The van der Waals surface area contributed by atoms with E-state index in [9.17, 15) is 14.0 Å². The lowest BCUT2D eigenvalue weighted by molar-refractivity contribution is -0.133. The Bertz CT molecular complexity index is 1310. The monoisotopic (exact) mass is 519 g/mol. The van der Waals surface area contributed by atoms with E-state index >= 15 is 0 Å². The van der Waals surface area contributed by atoms with Gasteiger partial charge in [0, 0.05) is 36.8 Å². The van der Waals surface area contributed by atoms with Gasteiger partial charge in [-0.2, -0.15) is 5.10 Å². The Morgan fingerprint density at radius 3 is 2.39 bits per heavy atom. The highest BCUT2D eigenvalue weighted by Crippen LogP contribution is 2.34. The van der Waals surface area contributed by atoms with Gasteiger partial charge in [-0.25, -0.2) is 9.40 Å². The fourth-order valence-electron chi connectivity index (χ4n) is 4.31. The van der Waals surface area contributed by atoms with Crippen LogP contribution < -0.4 is 9.47 Å². The molecule has 198 valence electrons. The molecule has 1 aliphatic rings. The van der Waals surface area contributed by atoms with Gasteiger partial charge in [-0.05, 0) is 42.5 Å². The fraction of sp³-hybridized carbons (Fsp3) is 0.276. The summed E-state index contributed by atoms with van der Waals surface area (Å²) in [4.78, 5) is 28.4. The molecule has 3 aromatic carbocycles. The number of amides is 2. The zero-order chi connectivity index (χ0) is 27.1. The second-order valence-electron chi connectivity index (χ2n) is 8.71. The van der Waals surface area contributed by atoms with Crippen LogP contribution >= 0.6 is 0 Å². The van der Waals surface area contributed by atoms with Crippen LogP contribution in [-0.4, -0.2) is 68.5 Å². The van der Waals surface area contributed by atoms with Crippen LogP contribution in [0.4, 0.5) is 4.39 Å². The van der Waals surface area contributed by atoms with Crippen molar-refractivity contribution < 1.29 is 28.2 Å². The molecule has 1 heterocycles. The van der Waals surface area contributed by atoms with Crippen molar-refractivity contribution in [2.24, 2.45) is 5.10 Å². The van der Waals surface area contributed by atoms with Crippen LogP contribution in [0.2, 0.25) is 0 Å². The predicted octanol–water partition coefficient (Wildman–Crippen LogP) is 4.31. The van der Waals surface area contributed by atoms with E-state index in [1.165, 1.54) is 23.1 Å². The Labute approximate surface area is 221 Å². The molecule has 0 radical (unpaired) electrons. The summed E-state index contributed by atoms with van der Waals surface area (Å²) in [6.07, 6.45) is 0.310. The molecule has 9 heteroatoms. The second kappa shape index (κ2) is 12.3. The average molecular weight is 520 g/mol. The highest BCUT2D eigenvalue weighted by molar-refractivity contribution is 6.04. The largest absolute Gasteiger partial charge is 0.497 e. The molecule has 2 amide bonds. The highest BCUT2D eigenvalue weighted by atomic mass is 19.1. The topological polar surface area (TPSA) is 80.7 Å². The maximum Gasteiger partial charge on any atom is 0.262 e. The van der Waals surface area contributed by atoms with Crippen molar-refractivity contribution in [3.8, 4) is 11.5 Å². The number of methoxy groups -OCH3 is 3. The van der Waals surface area contributed by atoms with E-state index in [-0.39, 0.29) is 25.6 Å². The molecule has 1 atom stereocenters. The number of carbonyl (C=O) groups excluding carboxylic acids is 2. The molecule has 0 saturated heterocycles. The number of nitrogens with zero attached hydrogens (tertiary/aromatic N) is 3. The Kier molecular flexibility index (Phi) is 8.70. The van der Waals surface area contributed by atoms with Crippen LogP contribution in [0.1, 0.15) is 33.9 Å². The summed E-state index contributed by atoms with van der Waals surface area (Å²) in [6.45, 7) is 0.177. The van der Waals surface area contributed by atoms with Crippen LogP contribution in [0.15, 0.2) is 77.9 Å². The van der Waals surface area contributed by atoms with Gasteiger partial charge in [-0.1, -0.05) is 30.3 Å². The third-order valence-electron chi connectivity index (χ3n) is 6.35. The molecule has 0 fully saturated rings. The molecule has 0 aliphatic carbocycles. The van der Waals surface area contributed by atoms with Crippen molar-refractivity contribution in [2.75, 3.05) is 41.0 Å². The minimum absolute atomic E-state index is 0.192. The first kappa shape index (κ1) is 26.8. The lowest BCUT2D eigenvalue weighted by Gasteiger charge is -2.27. The first-order valence-corrected chi connectivity index (χ1v) is 12.2. The molecule has 0 N–H and O–H groups in total. The summed E-state index contributed by atoms with van der Waals surface area (Å²) in [6, 6.07) is 19.7. The summed E-state index contributed by atoms with van der Waals surface area (Å²) >= 11 is 0. The van der Waals surface area contributed by atoms with Gasteiger partial charge in [-0.3, -0.25) is 9.59 Å². The zero-order valence-corrected chi connectivity index (χ0v) is 21.6. The van der Waals surface area contributed by atoms with Gasteiger partial charge >= 0.3 is 0 Å². The van der Waals surface area contributed by atoms with Crippen LogP contribution in [0.5, 0.6) is 11.5 Å². The summed E-state index contributed by atoms with van der Waals surface area (Å²) in [5, 5.41) is 5.90. The SMILES string of the molecule is COCCN(CC(=O)N1N=C(c2cccc(OC)c2)CC1c1ccccc1F)C(=O)c1ccc(OC)cc1. The van der Waals surface area contributed by atoms with Gasteiger partial charge in [0.1, 0.15) is 23.9 Å². The van der Waals surface area contributed by atoms with Gasteiger partial charge in [0.25, 0.3) is 11.8 Å². The second-order valence-corrected chi connectivity index (χ2v) is 8.71. The predicted molar refractivity (Wildman–Crippen MR) is 141 cm³/mol. The van der Waals surface area contributed by atoms with Gasteiger partial charge in [0.2, 0.25) is 0 Å². The summed E-state index contributed by atoms with van der Waals surface area (Å²) in [5.41, 5.74) is 2.15. The number of carbonyl (C=O) groups is 2. The quantitative estimate of drug-likeness (QED) is 0.399. The third-order valence-corrected chi connectivity index (χ3v) is 6.35. The van der Waals surface area contributed by atoms with E-state index in [4.69, 9.17) is 14.2 Å². The van der Waals surface area contributed by atoms with Crippen molar-refractivity contribution >= 4 is 17.5 Å². The normalized spacial score (nSPS) is 14.7. The number of rotatable bonds is 10. The maximum absolute atomic E-state index is 14.9. The lowest BCUT2D eigenvalue weighted by Crippen LogP contribution is -2.42. The number of hydrogen-bond acceptors (Lipinski definition) is 6. The lowest BCUT2D eigenvalue weighted by atomic mass is 9.98. The Morgan fingerprint density at radius 2 is 1.71 bits per heavy atom. The van der Waals surface area contributed by atoms with Crippen molar-refractivity contribution in [1.29, 1.82) is 0 Å². The molecule has 0 saturated carbocycles. The van der Waals surface area contributed by atoms with Gasteiger partial charge in [-0.15, -0.1) is 0 Å². The average Bonchev–Trinajstić information content (AvgIpc) is 3.40. The standard InChI is InChI=1S/C29H30FN3O5/c1-36-16-15-32(29(35)20-11-13-22(37-2)14-12-20)19-28(34)33-27(24-9-4-5-10-25(24)30)18-26(31-33)21-7-6-8-23(17-21)38-3/h4-14,17,27H,15-16,18-19H2,1-3H3. The maximum atomic E-state index is 14.9. The van der Waals surface area contributed by atoms with Crippen LogP contribution in [0, 0.1) is 5.82 Å². The number of hydrazone groups is 1. The molecule has 0 spiro atoms. The highest BCUT2D eigenvalue weighted by Gasteiger charge is 2.36. The van der Waals surface area contributed by atoms with Crippen LogP contribution in [0.25, 0.3) is 0 Å². The summed E-state index contributed by atoms with van der Waals surface area (Å²) in [5.74, 6) is 0.0623. The molecule has 1 aliphatic heterocycles. The molecular weight excluding hydrogens is 489 g/mol. The Morgan fingerprint density at radius 1 is 0.974 bits per heavy atom. The van der Waals surface area contributed by atoms with E-state index < -0.39 is 17.8 Å². The molecule has 1 unspecified atom stereocenters. The van der Waals surface area contributed by atoms with Crippen molar-refractivity contribution in [1.82, 2.24) is 9.91 Å². The minimum atomic E-state index is -0.662. The van der Waals surface area contributed by atoms with Crippen molar-refractivity contribution in [3.63, 3.8) is 0 Å². The van der Waals surface area contributed by atoms with Crippen LogP contribution in [0.3, 0.4) is 0 Å². The fourth-order valence-corrected chi connectivity index (χ4v) is 4.31. The minimum Gasteiger partial charge on any atom is -0.497 e. The smallest absolute Gasteiger partial charge is 0.262 e. The van der Waals surface area contributed by atoms with Crippen molar-refractivity contribution in [2.45, 2.75) is 12.5 Å². The molecule has 0 bridgehead atoms. The first-order valence-electron chi connectivity index (χ1n) is 12.2. The van der Waals surface area contributed by atoms with E-state index in [0.29, 0.717) is 34.8 Å². The molecule has 38 heavy (non-hydrogen) atoms. The van der Waals surface area contributed by atoms with Gasteiger partial charge in [0.05, 0.1) is 32.6 Å². The third kappa shape index (κ3) is 6.00. The molecule has 0 aromatic heterocycles. The number of ether oxygens (including phenoxy) is 3. The number of benzene rings is 3. The number of halogens is 1. The van der Waals surface area contributed by atoms with Gasteiger partial charge < -0.3 is 19.1 Å². The van der Waals surface area contributed by atoms with E-state index in [1.807, 2.05) is 24.3 Å². The molecule has 4 rings (SSSR count). The van der Waals surface area contributed by atoms with Crippen LogP contribution in [-0.2, 0) is 9.53 Å². The van der Waals surface area contributed by atoms with E-state index in [0.717, 1.165) is 5.56 Å². The summed E-state index contributed by atoms with van der Waals surface area (Å²) in [7, 11) is 4.64. The van der Waals surface area contributed by atoms with E-state index in [1.54, 1.807) is 56.7 Å². The molecular formula is C29H30FN3O5. The molecule has 8 nitrogen and oxygen atoms in total. The zero-order valence-electron chi connectivity index (χ0n) is 21.6. The summed E-state index contributed by atoms with van der Waals surface area (Å²) < 4.78 is 30.5. The van der Waals surface area contributed by atoms with E-state index in [2.05, 4.69) is 5.10 Å². The first-order chi connectivity index (χ1) is 18.4. The molecule has 3 aromatic rings. The van der Waals surface area contributed by atoms with Gasteiger partial charge in [0.15, 0.2) is 0 Å². The number of hydrogen-bond donors (Lipinski definition) is 0. The Hall–Kier alpha value is -4.24. The van der Waals surface area contributed by atoms with Crippen molar-refractivity contribution in [3.05, 3.63) is 95.3 Å². The Balaban J connectivity index is 1.64.